The smallest absolute Gasteiger partial charge is 0.243 e. The van der Waals surface area contributed by atoms with Crippen molar-refractivity contribution in [2.45, 2.75) is 38.3 Å². The highest BCUT2D eigenvalue weighted by Crippen LogP contribution is 2.37. The van der Waals surface area contributed by atoms with Gasteiger partial charge in [0.1, 0.15) is 6.54 Å². The molecule has 2 amide bonds. The van der Waals surface area contributed by atoms with Gasteiger partial charge in [0.15, 0.2) is 5.66 Å². The van der Waals surface area contributed by atoms with E-state index in [1.165, 1.54) is 0 Å². The zero-order valence-electron chi connectivity index (χ0n) is 11.1. The molecular weight excluding hydrogens is 244 g/mol. The van der Waals surface area contributed by atoms with Gasteiger partial charge in [0.25, 0.3) is 0 Å². The molecule has 19 heavy (non-hydrogen) atoms. The molecule has 2 heterocycles. The Morgan fingerprint density at radius 1 is 1.47 bits per heavy atom. The third-order valence-corrected chi connectivity index (χ3v) is 3.55. The first-order chi connectivity index (χ1) is 9.10. The molecule has 2 aliphatic heterocycles. The van der Waals surface area contributed by atoms with Crippen LogP contribution in [0, 0.1) is 12.3 Å². The summed E-state index contributed by atoms with van der Waals surface area (Å²) in [6.45, 7) is 3.14. The van der Waals surface area contributed by atoms with E-state index in [0.29, 0.717) is 38.9 Å². The minimum Gasteiger partial charge on any atom is -0.324 e. The van der Waals surface area contributed by atoms with Crippen LogP contribution in [0.1, 0.15) is 32.6 Å². The fourth-order valence-corrected chi connectivity index (χ4v) is 2.17. The van der Waals surface area contributed by atoms with Gasteiger partial charge < -0.3 is 9.80 Å². The summed E-state index contributed by atoms with van der Waals surface area (Å²) in [6, 6.07) is 0. The van der Waals surface area contributed by atoms with Crippen molar-refractivity contribution in [1.82, 2.24) is 9.80 Å². The standard InChI is InChI=1S/C13H18N4O2/c1-3-5-7-13(14-15-13)8-6-11(18)17-9-12(19)16(4-2)10-17/h1H,4-10H2,2H3. The summed E-state index contributed by atoms with van der Waals surface area (Å²) < 4.78 is 0. The van der Waals surface area contributed by atoms with Crippen molar-refractivity contribution < 1.29 is 9.59 Å². The summed E-state index contributed by atoms with van der Waals surface area (Å²) in [6.07, 6.45) is 7.49. The minimum atomic E-state index is -0.420. The van der Waals surface area contributed by atoms with Gasteiger partial charge in [-0.1, -0.05) is 0 Å². The lowest BCUT2D eigenvalue weighted by Gasteiger charge is -2.17. The predicted octanol–water partition coefficient (Wildman–Crippen LogP) is 0.990. The summed E-state index contributed by atoms with van der Waals surface area (Å²) >= 11 is 0. The molecule has 0 N–H and O–H groups in total. The first-order valence-electron chi connectivity index (χ1n) is 6.53. The zero-order chi connectivity index (χ0) is 13.9. The van der Waals surface area contributed by atoms with Gasteiger partial charge in [-0.25, -0.2) is 0 Å². The van der Waals surface area contributed by atoms with Gasteiger partial charge in [0.05, 0.1) is 6.67 Å². The van der Waals surface area contributed by atoms with E-state index < -0.39 is 5.66 Å². The Morgan fingerprint density at radius 2 is 2.21 bits per heavy atom. The van der Waals surface area contributed by atoms with Crippen molar-refractivity contribution in [2.24, 2.45) is 10.2 Å². The molecule has 0 saturated carbocycles. The van der Waals surface area contributed by atoms with E-state index in [1.54, 1.807) is 9.80 Å². The number of carbonyl (C=O) groups is 2. The molecule has 2 aliphatic rings. The third-order valence-electron chi connectivity index (χ3n) is 3.55. The molecule has 6 heteroatoms. The van der Waals surface area contributed by atoms with Gasteiger partial charge >= 0.3 is 0 Å². The van der Waals surface area contributed by atoms with E-state index in [0.717, 1.165) is 0 Å². The molecule has 0 unspecified atom stereocenters. The Labute approximate surface area is 112 Å². The monoisotopic (exact) mass is 262 g/mol. The van der Waals surface area contributed by atoms with Crippen LogP contribution in [0.25, 0.3) is 0 Å². The van der Waals surface area contributed by atoms with Gasteiger partial charge in [-0.15, -0.1) is 12.3 Å². The Morgan fingerprint density at radius 3 is 2.74 bits per heavy atom. The van der Waals surface area contributed by atoms with Crippen LogP contribution in [0.3, 0.4) is 0 Å². The largest absolute Gasteiger partial charge is 0.324 e. The van der Waals surface area contributed by atoms with Crippen LogP contribution >= 0.6 is 0 Å². The molecule has 0 bridgehead atoms. The Hall–Kier alpha value is -1.90. The van der Waals surface area contributed by atoms with E-state index in [9.17, 15) is 9.59 Å². The number of amides is 2. The van der Waals surface area contributed by atoms with E-state index in [-0.39, 0.29) is 18.4 Å². The second kappa shape index (κ2) is 5.39. The van der Waals surface area contributed by atoms with Crippen molar-refractivity contribution in [2.75, 3.05) is 19.8 Å². The van der Waals surface area contributed by atoms with Gasteiger partial charge in [0, 0.05) is 32.2 Å². The molecule has 0 aromatic rings. The molecule has 0 atom stereocenters. The summed E-state index contributed by atoms with van der Waals surface area (Å²) in [5, 5.41) is 7.99. The molecule has 1 fully saturated rings. The van der Waals surface area contributed by atoms with Crippen LogP contribution in [-0.4, -0.2) is 47.0 Å². The van der Waals surface area contributed by atoms with Crippen LogP contribution in [-0.2, 0) is 9.59 Å². The average Bonchev–Trinajstić information content (AvgIpc) is 3.09. The Kier molecular flexibility index (Phi) is 3.84. The van der Waals surface area contributed by atoms with Crippen molar-refractivity contribution >= 4 is 11.8 Å². The SMILES string of the molecule is C#CCCC1(CCC(=O)N2CC(=O)N(CC)C2)N=N1. The number of nitrogens with zero attached hydrogens (tertiary/aromatic N) is 4. The van der Waals surface area contributed by atoms with E-state index >= 15 is 0 Å². The second-order valence-electron chi connectivity index (χ2n) is 4.87. The molecule has 0 aromatic carbocycles. The van der Waals surface area contributed by atoms with Crippen LogP contribution in [0.15, 0.2) is 10.2 Å². The normalized spacial score (nSPS) is 19.7. The number of likely N-dealkylation sites (N-methyl/N-ethyl adjacent to an activating group) is 1. The van der Waals surface area contributed by atoms with Gasteiger partial charge in [0.2, 0.25) is 11.8 Å². The number of carbonyl (C=O) groups excluding carboxylic acids is 2. The second-order valence-corrected chi connectivity index (χ2v) is 4.87. The summed E-state index contributed by atoms with van der Waals surface area (Å²) in [7, 11) is 0. The molecule has 6 nitrogen and oxygen atoms in total. The van der Waals surface area contributed by atoms with Crippen molar-refractivity contribution in [3.05, 3.63) is 0 Å². The molecule has 102 valence electrons. The van der Waals surface area contributed by atoms with Crippen LogP contribution in [0.2, 0.25) is 0 Å². The van der Waals surface area contributed by atoms with E-state index in [4.69, 9.17) is 6.42 Å². The topological polar surface area (TPSA) is 65.3 Å². The van der Waals surface area contributed by atoms with E-state index in [2.05, 4.69) is 16.1 Å². The molecular formula is C13H18N4O2. The lowest BCUT2D eigenvalue weighted by atomic mass is 10.0. The van der Waals surface area contributed by atoms with Crippen molar-refractivity contribution in [3.63, 3.8) is 0 Å². The third kappa shape index (κ3) is 3.11. The first-order valence-corrected chi connectivity index (χ1v) is 6.53. The fraction of sp³-hybridized carbons (Fsp3) is 0.692. The summed E-state index contributed by atoms with van der Waals surface area (Å²) in [4.78, 5) is 26.8. The number of hydrogen-bond acceptors (Lipinski definition) is 4. The van der Waals surface area contributed by atoms with Gasteiger partial charge in [-0.05, 0) is 6.92 Å². The van der Waals surface area contributed by atoms with Crippen molar-refractivity contribution in [1.29, 1.82) is 0 Å². The lowest BCUT2D eigenvalue weighted by molar-refractivity contribution is -0.132. The lowest BCUT2D eigenvalue weighted by Crippen LogP contribution is -2.31. The highest BCUT2D eigenvalue weighted by Gasteiger charge is 2.40. The maximum Gasteiger partial charge on any atom is 0.243 e. The molecule has 2 rings (SSSR count). The quantitative estimate of drug-likeness (QED) is 0.670. The highest BCUT2D eigenvalue weighted by atomic mass is 16.2. The summed E-state index contributed by atoms with van der Waals surface area (Å²) in [5.74, 6) is 2.56. The molecule has 0 aliphatic carbocycles. The molecule has 0 aromatic heterocycles. The first kappa shape index (κ1) is 13.5. The van der Waals surface area contributed by atoms with Crippen LogP contribution < -0.4 is 0 Å². The predicted molar refractivity (Wildman–Crippen MR) is 68.9 cm³/mol. The average molecular weight is 262 g/mol. The maximum absolute atomic E-state index is 12.0. The van der Waals surface area contributed by atoms with Crippen molar-refractivity contribution in [3.8, 4) is 12.3 Å². The minimum absolute atomic E-state index is 0.0123. The molecule has 1 saturated heterocycles. The maximum atomic E-state index is 12.0. The Bertz CT molecular complexity index is 446. The van der Waals surface area contributed by atoms with E-state index in [1.807, 2.05) is 6.92 Å². The fourth-order valence-electron chi connectivity index (χ4n) is 2.17. The number of hydrogen-bond donors (Lipinski definition) is 0. The number of rotatable bonds is 6. The van der Waals surface area contributed by atoms with Crippen LogP contribution in [0.5, 0.6) is 0 Å². The molecule has 0 spiro atoms. The molecule has 0 radical (unpaired) electrons. The zero-order valence-corrected chi connectivity index (χ0v) is 11.1. The van der Waals surface area contributed by atoms with Gasteiger partial charge in [-0.3, -0.25) is 9.59 Å². The highest BCUT2D eigenvalue weighted by molar-refractivity contribution is 5.87. The summed E-state index contributed by atoms with van der Waals surface area (Å²) in [5.41, 5.74) is -0.420. The Balaban J connectivity index is 1.77. The van der Waals surface area contributed by atoms with Gasteiger partial charge in [-0.2, -0.15) is 10.2 Å². The van der Waals surface area contributed by atoms with Crippen LogP contribution in [0.4, 0.5) is 0 Å². The number of terminal acetylenes is 1.